The third-order valence-corrected chi connectivity index (χ3v) is 3.68. The smallest absolute Gasteiger partial charge is 0.0383 e. The third kappa shape index (κ3) is 1.02. The van der Waals surface area contributed by atoms with E-state index in [1.807, 2.05) is 0 Å². The van der Waals surface area contributed by atoms with Gasteiger partial charge in [0.2, 0.25) is 0 Å². The van der Waals surface area contributed by atoms with Crippen LogP contribution in [0.5, 0.6) is 0 Å². The molecule has 2 aliphatic rings. The maximum absolute atomic E-state index is 5.92. The summed E-state index contributed by atoms with van der Waals surface area (Å²) in [6, 6.07) is 4.22. The van der Waals surface area contributed by atoms with Gasteiger partial charge in [0, 0.05) is 28.3 Å². The fourth-order valence-electron chi connectivity index (χ4n) is 2.39. The van der Waals surface area contributed by atoms with Gasteiger partial charge in [-0.15, -0.1) is 0 Å². The Kier molecular flexibility index (Phi) is 1.65. The van der Waals surface area contributed by atoms with E-state index in [9.17, 15) is 0 Å². The van der Waals surface area contributed by atoms with E-state index in [1.54, 1.807) is 0 Å². The number of allylic oxidation sites excluding steroid dienone is 1. The molecule has 0 radical (unpaired) electrons. The average Bonchev–Trinajstić information content (AvgIpc) is 2.55. The molecule has 0 saturated heterocycles. The van der Waals surface area contributed by atoms with Crippen LogP contribution in [0.1, 0.15) is 23.5 Å². The average molecular weight is 251 g/mol. The lowest BCUT2D eigenvalue weighted by atomic mass is 9.87. The highest BCUT2D eigenvalue weighted by Crippen LogP contribution is 2.43. The molecule has 0 saturated carbocycles. The zero-order valence-corrected chi connectivity index (χ0v) is 9.26. The molecule has 3 N–H and O–H groups in total. The van der Waals surface area contributed by atoms with Crippen molar-refractivity contribution in [2.45, 2.75) is 12.3 Å². The van der Waals surface area contributed by atoms with Crippen LogP contribution < -0.4 is 11.1 Å². The second kappa shape index (κ2) is 2.76. The van der Waals surface area contributed by atoms with E-state index >= 15 is 0 Å². The zero-order chi connectivity index (χ0) is 9.71. The summed E-state index contributed by atoms with van der Waals surface area (Å²) in [7, 11) is 0. The van der Waals surface area contributed by atoms with Gasteiger partial charge < -0.3 is 11.1 Å². The first kappa shape index (κ1) is 8.36. The number of hydrogen-bond donors (Lipinski definition) is 2. The predicted molar refractivity (Wildman–Crippen MR) is 62.2 cm³/mol. The molecule has 1 atom stereocenters. The lowest BCUT2D eigenvalue weighted by molar-refractivity contribution is 0.731. The molecule has 0 spiro atoms. The van der Waals surface area contributed by atoms with Gasteiger partial charge in [-0.1, -0.05) is 15.9 Å². The molecule has 0 bridgehead atoms. The summed E-state index contributed by atoms with van der Waals surface area (Å²) < 4.78 is 1.15. The molecule has 1 aromatic carbocycles. The maximum atomic E-state index is 5.92. The first-order chi connectivity index (χ1) is 6.75. The molecule has 3 heteroatoms. The summed E-state index contributed by atoms with van der Waals surface area (Å²) in [5, 5.41) is 3.42. The van der Waals surface area contributed by atoms with Gasteiger partial charge in [0.25, 0.3) is 0 Å². The Bertz CT molecular complexity index is 437. The van der Waals surface area contributed by atoms with Crippen molar-refractivity contribution in [2.75, 3.05) is 11.9 Å². The van der Waals surface area contributed by atoms with E-state index in [2.05, 4.69) is 39.5 Å². The van der Waals surface area contributed by atoms with Crippen LogP contribution in [0, 0.1) is 0 Å². The van der Waals surface area contributed by atoms with Crippen LogP contribution >= 0.6 is 15.9 Å². The number of hydrogen-bond acceptors (Lipinski definition) is 2. The largest absolute Gasteiger partial charge is 0.402 e. The molecule has 1 aliphatic heterocycles. The van der Waals surface area contributed by atoms with Gasteiger partial charge in [0.05, 0.1) is 0 Å². The minimum absolute atomic E-state index is 0.572. The van der Waals surface area contributed by atoms with Crippen molar-refractivity contribution in [3.05, 3.63) is 33.4 Å². The van der Waals surface area contributed by atoms with Crippen molar-refractivity contribution >= 4 is 27.7 Å². The van der Waals surface area contributed by atoms with Crippen molar-refractivity contribution in [1.29, 1.82) is 0 Å². The third-order valence-electron chi connectivity index (χ3n) is 2.99. The molecule has 0 aromatic heterocycles. The van der Waals surface area contributed by atoms with E-state index < -0.39 is 0 Å². The fraction of sp³-hybridized carbons (Fsp3) is 0.273. The molecule has 1 unspecified atom stereocenters. The lowest BCUT2D eigenvalue weighted by Crippen LogP contribution is -2.12. The van der Waals surface area contributed by atoms with E-state index in [-0.39, 0.29) is 0 Å². The number of rotatable bonds is 0. The number of benzene rings is 1. The van der Waals surface area contributed by atoms with E-state index in [4.69, 9.17) is 5.73 Å². The highest BCUT2D eigenvalue weighted by atomic mass is 79.9. The molecule has 1 heterocycles. The number of halogens is 1. The Morgan fingerprint density at radius 1 is 1.43 bits per heavy atom. The molecule has 0 fully saturated rings. The van der Waals surface area contributed by atoms with Crippen LogP contribution in [-0.2, 0) is 0 Å². The molecule has 1 aromatic rings. The van der Waals surface area contributed by atoms with Gasteiger partial charge in [0.15, 0.2) is 0 Å². The summed E-state index contributed by atoms with van der Waals surface area (Å²) in [5.74, 6) is 0.572. The Balaban J connectivity index is 2.31. The van der Waals surface area contributed by atoms with Crippen LogP contribution in [0.25, 0.3) is 6.08 Å². The Labute approximate surface area is 91.3 Å². The van der Waals surface area contributed by atoms with Gasteiger partial charge in [0.1, 0.15) is 0 Å². The van der Waals surface area contributed by atoms with E-state index in [1.165, 1.54) is 16.8 Å². The monoisotopic (exact) mass is 250 g/mol. The Morgan fingerprint density at radius 3 is 3.14 bits per heavy atom. The standard InChI is InChI=1S/C11H11BrN2/c12-9-1-2-10-11-6(5-14-10)3-7(13)4-8(9)11/h1-2,4,6,14H,3,5,13H2. The van der Waals surface area contributed by atoms with Crippen molar-refractivity contribution in [1.82, 2.24) is 0 Å². The molecular formula is C11H11BrN2. The first-order valence-corrected chi connectivity index (χ1v) is 5.57. The Hall–Kier alpha value is -0.960. The molecule has 3 rings (SSSR count). The summed E-state index contributed by atoms with van der Waals surface area (Å²) in [6.07, 6.45) is 3.08. The van der Waals surface area contributed by atoms with Crippen molar-refractivity contribution in [2.24, 2.45) is 5.73 Å². The predicted octanol–water partition coefficient (Wildman–Crippen LogP) is 2.66. The highest BCUT2D eigenvalue weighted by Gasteiger charge is 2.28. The minimum atomic E-state index is 0.572. The van der Waals surface area contributed by atoms with E-state index in [0.717, 1.165) is 23.1 Å². The Morgan fingerprint density at radius 2 is 2.29 bits per heavy atom. The fourth-order valence-corrected chi connectivity index (χ4v) is 2.85. The van der Waals surface area contributed by atoms with Gasteiger partial charge in [-0.25, -0.2) is 0 Å². The summed E-state index contributed by atoms with van der Waals surface area (Å²) in [4.78, 5) is 0. The second-order valence-electron chi connectivity index (χ2n) is 3.92. The van der Waals surface area contributed by atoms with Gasteiger partial charge in [-0.05, 0) is 35.8 Å². The lowest BCUT2D eigenvalue weighted by Gasteiger charge is -2.19. The number of nitrogens with one attached hydrogen (secondary N) is 1. The van der Waals surface area contributed by atoms with Crippen molar-refractivity contribution < 1.29 is 0 Å². The molecular weight excluding hydrogens is 240 g/mol. The SMILES string of the molecule is NC1=Cc2c(Br)ccc3c2C(CN3)C1. The summed E-state index contributed by atoms with van der Waals surface area (Å²) in [5.41, 5.74) is 10.9. The second-order valence-corrected chi connectivity index (χ2v) is 4.78. The van der Waals surface area contributed by atoms with Crippen LogP contribution in [0.4, 0.5) is 5.69 Å². The van der Waals surface area contributed by atoms with Crippen LogP contribution in [-0.4, -0.2) is 6.54 Å². The summed E-state index contributed by atoms with van der Waals surface area (Å²) in [6.45, 7) is 1.02. The number of anilines is 1. The molecule has 1 aliphatic carbocycles. The van der Waals surface area contributed by atoms with Crippen molar-refractivity contribution in [3.63, 3.8) is 0 Å². The minimum Gasteiger partial charge on any atom is -0.402 e. The molecule has 0 amide bonds. The quantitative estimate of drug-likeness (QED) is 0.743. The highest BCUT2D eigenvalue weighted by molar-refractivity contribution is 9.10. The topological polar surface area (TPSA) is 38.0 Å². The zero-order valence-electron chi connectivity index (χ0n) is 7.68. The van der Waals surface area contributed by atoms with Crippen LogP contribution in [0.2, 0.25) is 0 Å². The maximum Gasteiger partial charge on any atom is 0.0383 e. The van der Waals surface area contributed by atoms with Gasteiger partial charge in [-0.2, -0.15) is 0 Å². The molecule has 14 heavy (non-hydrogen) atoms. The van der Waals surface area contributed by atoms with Gasteiger partial charge >= 0.3 is 0 Å². The van der Waals surface area contributed by atoms with Crippen LogP contribution in [0.15, 0.2) is 22.3 Å². The molecule has 2 nitrogen and oxygen atoms in total. The van der Waals surface area contributed by atoms with Crippen LogP contribution in [0.3, 0.4) is 0 Å². The summed E-state index contributed by atoms with van der Waals surface area (Å²) >= 11 is 3.57. The van der Waals surface area contributed by atoms with Gasteiger partial charge in [-0.3, -0.25) is 0 Å². The number of nitrogens with two attached hydrogens (primary N) is 1. The normalized spacial score (nSPS) is 22.6. The van der Waals surface area contributed by atoms with Crippen molar-refractivity contribution in [3.8, 4) is 0 Å². The molecule has 72 valence electrons. The first-order valence-electron chi connectivity index (χ1n) is 4.78. The van der Waals surface area contributed by atoms with E-state index in [0.29, 0.717) is 5.92 Å².